The van der Waals surface area contributed by atoms with Gasteiger partial charge in [-0.15, -0.1) is 0 Å². The molecule has 1 aromatic rings. The lowest BCUT2D eigenvalue weighted by atomic mass is 10.1. The van der Waals surface area contributed by atoms with Gasteiger partial charge in [0.1, 0.15) is 5.82 Å². The Balaban J connectivity index is 2.88. The summed E-state index contributed by atoms with van der Waals surface area (Å²) in [5.41, 5.74) is 1.59. The van der Waals surface area contributed by atoms with Gasteiger partial charge in [0.25, 0.3) is 0 Å². The molecule has 0 aromatic heterocycles. The summed E-state index contributed by atoms with van der Waals surface area (Å²) in [5.74, 6) is 0.532. The topological polar surface area (TPSA) is 51.2 Å². The van der Waals surface area contributed by atoms with Crippen LogP contribution in [0.2, 0.25) is 0 Å². The van der Waals surface area contributed by atoms with Crippen molar-refractivity contribution in [2.24, 2.45) is 4.99 Å². The van der Waals surface area contributed by atoms with Crippen molar-refractivity contribution >= 4 is 11.9 Å². The lowest BCUT2D eigenvalue weighted by Gasteiger charge is -2.25. The smallest absolute Gasteiger partial charge is 0.242 e. The van der Waals surface area contributed by atoms with Crippen LogP contribution in [-0.4, -0.2) is 73.9 Å². The molecule has 0 saturated carbocycles. The van der Waals surface area contributed by atoms with Crippen LogP contribution in [0.15, 0.2) is 23.2 Å². The van der Waals surface area contributed by atoms with Gasteiger partial charge in [0.05, 0.1) is 13.1 Å². The monoisotopic (exact) mass is 379 g/mol. The van der Waals surface area contributed by atoms with E-state index in [0.29, 0.717) is 44.2 Å². The molecule has 1 N–H and O–H groups in total. The molecule has 1 rings (SSSR count). The van der Waals surface area contributed by atoms with Crippen LogP contribution in [0.5, 0.6) is 0 Å². The second kappa shape index (κ2) is 11.5. The number of nitrogens with zero attached hydrogens (tertiary/aromatic N) is 4. The lowest BCUT2D eigenvalue weighted by molar-refractivity contribution is -0.131. The summed E-state index contributed by atoms with van der Waals surface area (Å²) >= 11 is 0. The predicted octanol–water partition coefficient (Wildman–Crippen LogP) is 2.15. The Morgan fingerprint density at radius 1 is 1.15 bits per heavy atom. The summed E-state index contributed by atoms with van der Waals surface area (Å²) in [7, 11) is 5.68. The van der Waals surface area contributed by atoms with Gasteiger partial charge >= 0.3 is 0 Å². The van der Waals surface area contributed by atoms with Gasteiger partial charge in [-0.25, -0.2) is 9.38 Å². The quantitative estimate of drug-likeness (QED) is 0.528. The molecule has 0 radical (unpaired) electrons. The van der Waals surface area contributed by atoms with Crippen molar-refractivity contribution in [3.63, 3.8) is 0 Å². The number of hydrogen-bond acceptors (Lipinski definition) is 3. The number of halogens is 1. The number of carbonyl (C=O) groups is 1. The molecule has 1 aromatic carbocycles. The molecule has 0 saturated heterocycles. The average Bonchev–Trinajstić information content (AvgIpc) is 2.61. The van der Waals surface area contributed by atoms with Crippen molar-refractivity contribution < 1.29 is 9.18 Å². The minimum atomic E-state index is -0.203. The second-order valence-electron chi connectivity index (χ2n) is 6.76. The lowest BCUT2D eigenvalue weighted by Crippen LogP contribution is -2.45. The SMILES string of the molecule is CCNC(=NCc1ccc(F)c(CN(C)C)c1)N(C)CC(=O)N(CC)CC. The molecule has 0 aliphatic carbocycles. The van der Waals surface area contributed by atoms with Gasteiger partial charge in [0.2, 0.25) is 5.91 Å². The van der Waals surface area contributed by atoms with Crippen LogP contribution in [0.3, 0.4) is 0 Å². The van der Waals surface area contributed by atoms with Gasteiger partial charge in [-0.2, -0.15) is 0 Å². The average molecular weight is 380 g/mol. The van der Waals surface area contributed by atoms with Crippen LogP contribution < -0.4 is 5.32 Å². The third-order valence-corrected chi connectivity index (χ3v) is 4.19. The molecule has 0 aliphatic rings. The molecule has 0 bridgehead atoms. The van der Waals surface area contributed by atoms with E-state index in [2.05, 4.69) is 10.3 Å². The standard InChI is InChI=1S/C20H34FN5O/c1-7-22-20(25(6)15-19(27)26(8-2)9-3)23-13-16-10-11-18(21)17(12-16)14-24(4)5/h10-12H,7-9,13-15H2,1-6H3,(H,22,23). The van der Waals surface area contributed by atoms with Crippen LogP contribution in [0.4, 0.5) is 4.39 Å². The number of rotatable bonds is 9. The minimum absolute atomic E-state index is 0.0724. The first-order valence-electron chi connectivity index (χ1n) is 9.51. The number of benzene rings is 1. The van der Waals surface area contributed by atoms with E-state index in [-0.39, 0.29) is 18.3 Å². The molecule has 1 amide bonds. The number of guanidine groups is 1. The van der Waals surface area contributed by atoms with E-state index in [4.69, 9.17) is 0 Å². The Morgan fingerprint density at radius 3 is 2.37 bits per heavy atom. The highest BCUT2D eigenvalue weighted by Gasteiger charge is 2.15. The Morgan fingerprint density at radius 2 is 1.81 bits per heavy atom. The molecule has 7 heteroatoms. The third kappa shape index (κ3) is 7.54. The summed E-state index contributed by atoms with van der Waals surface area (Å²) in [6.07, 6.45) is 0. The summed E-state index contributed by atoms with van der Waals surface area (Å²) in [4.78, 5) is 22.5. The van der Waals surface area contributed by atoms with Gasteiger partial charge in [0, 0.05) is 38.8 Å². The molecule has 0 atom stereocenters. The fraction of sp³-hybridized carbons (Fsp3) is 0.600. The van der Waals surface area contributed by atoms with Crippen molar-refractivity contribution in [3.8, 4) is 0 Å². The molecular weight excluding hydrogens is 345 g/mol. The molecule has 0 fully saturated rings. The molecule has 0 spiro atoms. The zero-order valence-corrected chi connectivity index (χ0v) is 17.5. The predicted molar refractivity (Wildman–Crippen MR) is 109 cm³/mol. The Bertz CT molecular complexity index is 629. The third-order valence-electron chi connectivity index (χ3n) is 4.19. The highest BCUT2D eigenvalue weighted by Crippen LogP contribution is 2.13. The number of likely N-dealkylation sites (N-methyl/N-ethyl adjacent to an activating group) is 2. The molecular formula is C20H34FN5O. The van der Waals surface area contributed by atoms with E-state index in [0.717, 1.165) is 5.56 Å². The van der Waals surface area contributed by atoms with Crippen molar-refractivity contribution in [1.29, 1.82) is 0 Å². The fourth-order valence-electron chi connectivity index (χ4n) is 2.78. The summed E-state index contributed by atoms with van der Waals surface area (Å²) in [5, 5.41) is 3.21. The highest BCUT2D eigenvalue weighted by molar-refractivity contribution is 5.86. The Labute approximate surface area is 163 Å². The van der Waals surface area contributed by atoms with Crippen molar-refractivity contribution in [2.45, 2.75) is 33.9 Å². The maximum atomic E-state index is 13.9. The Hall–Kier alpha value is -2.15. The summed E-state index contributed by atoms with van der Waals surface area (Å²) < 4.78 is 13.9. The number of nitrogens with one attached hydrogen (secondary N) is 1. The number of amides is 1. The van der Waals surface area contributed by atoms with E-state index in [1.54, 1.807) is 11.0 Å². The van der Waals surface area contributed by atoms with Gasteiger partial charge in [-0.3, -0.25) is 4.79 Å². The van der Waals surface area contributed by atoms with E-state index in [9.17, 15) is 9.18 Å². The number of hydrogen-bond donors (Lipinski definition) is 1. The first-order chi connectivity index (χ1) is 12.8. The van der Waals surface area contributed by atoms with E-state index in [1.807, 2.05) is 57.8 Å². The molecule has 0 heterocycles. The number of carbonyl (C=O) groups excluding carboxylic acids is 1. The normalized spacial score (nSPS) is 11.6. The van der Waals surface area contributed by atoms with Crippen LogP contribution in [-0.2, 0) is 17.9 Å². The second-order valence-corrected chi connectivity index (χ2v) is 6.76. The van der Waals surface area contributed by atoms with Crippen molar-refractivity contribution in [3.05, 3.63) is 35.1 Å². The largest absolute Gasteiger partial charge is 0.357 e. The van der Waals surface area contributed by atoms with Crippen LogP contribution in [0, 0.1) is 5.82 Å². The van der Waals surface area contributed by atoms with E-state index >= 15 is 0 Å². The van der Waals surface area contributed by atoms with Crippen molar-refractivity contribution in [2.75, 3.05) is 47.3 Å². The molecule has 152 valence electrons. The van der Waals surface area contributed by atoms with Crippen LogP contribution in [0.1, 0.15) is 31.9 Å². The molecule has 27 heavy (non-hydrogen) atoms. The summed E-state index contributed by atoms with van der Waals surface area (Å²) in [6, 6.07) is 5.09. The molecule has 0 unspecified atom stereocenters. The van der Waals surface area contributed by atoms with Gasteiger partial charge in [-0.1, -0.05) is 6.07 Å². The van der Waals surface area contributed by atoms with Gasteiger partial charge in [-0.05, 0) is 52.6 Å². The number of aliphatic imine (C=N–C) groups is 1. The van der Waals surface area contributed by atoms with Crippen LogP contribution >= 0.6 is 0 Å². The maximum absolute atomic E-state index is 13.9. The fourth-order valence-corrected chi connectivity index (χ4v) is 2.78. The van der Waals surface area contributed by atoms with Gasteiger partial charge in [0.15, 0.2) is 5.96 Å². The van der Waals surface area contributed by atoms with Gasteiger partial charge < -0.3 is 20.0 Å². The van der Waals surface area contributed by atoms with Crippen LogP contribution in [0.25, 0.3) is 0 Å². The zero-order chi connectivity index (χ0) is 20.4. The summed E-state index contributed by atoms with van der Waals surface area (Å²) in [6.45, 7) is 9.27. The van der Waals surface area contributed by atoms with E-state index in [1.165, 1.54) is 6.07 Å². The first-order valence-corrected chi connectivity index (χ1v) is 9.51. The molecule has 0 aliphatic heterocycles. The first kappa shape index (κ1) is 22.9. The minimum Gasteiger partial charge on any atom is -0.357 e. The van der Waals surface area contributed by atoms with E-state index < -0.39 is 0 Å². The Kier molecular flexibility index (Phi) is 9.78. The molecule has 6 nitrogen and oxygen atoms in total. The van der Waals surface area contributed by atoms with Crippen molar-refractivity contribution in [1.82, 2.24) is 20.0 Å². The zero-order valence-electron chi connectivity index (χ0n) is 17.5. The maximum Gasteiger partial charge on any atom is 0.242 e. The highest BCUT2D eigenvalue weighted by atomic mass is 19.1.